The summed E-state index contributed by atoms with van der Waals surface area (Å²) in [6.45, 7) is 2.08. The molecule has 2 aromatic rings. The van der Waals surface area contributed by atoms with Gasteiger partial charge in [0.25, 0.3) is 0 Å². The predicted octanol–water partition coefficient (Wildman–Crippen LogP) is 3.04. The first-order valence-electron chi connectivity index (χ1n) is 5.34. The average molecular weight is 306 g/mol. The van der Waals surface area contributed by atoms with Crippen LogP contribution in [-0.2, 0) is 23.0 Å². The molecule has 4 nitrogen and oxygen atoms in total. The molecule has 0 aliphatic heterocycles. The highest BCUT2D eigenvalue weighted by Crippen LogP contribution is 2.22. The van der Waals surface area contributed by atoms with Crippen LogP contribution in [-0.4, -0.2) is 8.42 Å². The predicted molar refractivity (Wildman–Crippen MR) is 71.4 cm³/mol. The Balaban J connectivity index is 2.07. The Labute approximate surface area is 115 Å². The van der Waals surface area contributed by atoms with Crippen LogP contribution >= 0.6 is 22.9 Å². The highest BCUT2D eigenvalue weighted by molar-refractivity contribution is 7.91. The molecule has 0 atom stereocenters. The van der Waals surface area contributed by atoms with Crippen molar-refractivity contribution in [1.82, 2.24) is 4.72 Å². The highest BCUT2D eigenvalue weighted by atomic mass is 35.5. The zero-order chi connectivity index (χ0) is 13.2. The highest BCUT2D eigenvalue weighted by Gasteiger charge is 2.16. The molecule has 18 heavy (non-hydrogen) atoms. The lowest BCUT2D eigenvalue weighted by Crippen LogP contribution is -2.22. The van der Waals surface area contributed by atoms with Crippen LogP contribution in [0.2, 0.25) is 5.22 Å². The van der Waals surface area contributed by atoms with Gasteiger partial charge in [-0.1, -0.05) is 6.92 Å². The largest absolute Gasteiger partial charge is 0.448 e. The van der Waals surface area contributed by atoms with Gasteiger partial charge in [0.05, 0.1) is 6.54 Å². The van der Waals surface area contributed by atoms with Gasteiger partial charge in [0.1, 0.15) is 9.97 Å². The molecule has 0 bridgehead atoms. The molecule has 0 amide bonds. The second-order valence-electron chi connectivity index (χ2n) is 3.60. The van der Waals surface area contributed by atoms with Crippen molar-refractivity contribution in [2.24, 2.45) is 0 Å². The molecule has 2 rings (SSSR count). The van der Waals surface area contributed by atoms with Crippen molar-refractivity contribution in [3.05, 3.63) is 40.1 Å². The number of hydrogen-bond acceptors (Lipinski definition) is 4. The van der Waals surface area contributed by atoms with E-state index in [4.69, 9.17) is 16.0 Å². The Hall–Kier alpha value is -0.820. The van der Waals surface area contributed by atoms with Gasteiger partial charge < -0.3 is 4.42 Å². The third-order valence-corrected chi connectivity index (χ3v) is 5.64. The monoisotopic (exact) mass is 305 g/mol. The van der Waals surface area contributed by atoms with Crippen molar-refractivity contribution in [3.63, 3.8) is 0 Å². The molecule has 2 heterocycles. The molecule has 98 valence electrons. The van der Waals surface area contributed by atoms with E-state index in [9.17, 15) is 8.42 Å². The Morgan fingerprint density at radius 1 is 1.33 bits per heavy atom. The third-order valence-electron chi connectivity index (χ3n) is 2.32. The van der Waals surface area contributed by atoms with Crippen LogP contribution in [0.4, 0.5) is 0 Å². The second kappa shape index (κ2) is 5.44. The third kappa shape index (κ3) is 3.14. The fraction of sp³-hybridized carbons (Fsp3) is 0.273. The van der Waals surface area contributed by atoms with Gasteiger partial charge in [-0.3, -0.25) is 0 Å². The Kier molecular flexibility index (Phi) is 4.11. The number of aryl methyl sites for hydroxylation is 1. The van der Waals surface area contributed by atoms with Gasteiger partial charge in [0.2, 0.25) is 10.0 Å². The average Bonchev–Trinajstić information content (AvgIpc) is 2.95. The number of sulfonamides is 1. The molecule has 2 aromatic heterocycles. The van der Waals surface area contributed by atoms with E-state index in [0.29, 0.717) is 9.97 Å². The van der Waals surface area contributed by atoms with Crippen molar-refractivity contribution in [1.29, 1.82) is 0 Å². The maximum absolute atomic E-state index is 12.0. The summed E-state index contributed by atoms with van der Waals surface area (Å²) in [5.74, 6) is 0.482. The molecule has 1 N–H and O–H groups in total. The summed E-state index contributed by atoms with van der Waals surface area (Å²) in [5, 5.41) is 0.244. The van der Waals surface area contributed by atoms with Crippen molar-refractivity contribution >= 4 is 33.0 Å². The van der Waals surface area contributed by atoms with Crippen molar-refractivity contribution in [2.75, 3.05) is 0 Å². The molecule has 0 radical (unpaired) electrons. The summed E-state index contributed by atoms with van der Waals surface area (Å²) < 4.78 is 31.8. The Morgan fingerprint density at radius 3 is 2.67 bits per heavy atom. The summed E-state index contributed by atoms with van der Waals surface area (Å²) in [7, 11) is -3.47. The molecule has 0 aromatic carbocycles. The topological polar surface area (TPSA) is 59.3 Å². The van der Waals surface area contributed by atoms with Crippen LogP contribution in [0.25, 0.3) is 0 Å². The molecular formula is C11H12ClNO3S2. The lowest BCUT2D eigenvalue weighted by molar-refractivity contribution is 0.500. The molecule has 0 spiro atoms. The van der Waals surface area contributed by atoms with Crippen LogP contribution in [0.1, 0.15) is 17.6 Å². The number of thiophene rings is 1. The summed E-state index contributed by atoms with van der Waals surface area (Å²) in [4.78, 5) is 1.04. The maximum atomic E-state index is 12.0. The molecule has 0 unspecified atom stereocenters. The van der Waals surface area contributed by atoms with E-state index in [0.717, 1.165) is 11.3 Å². The molecule has 0 saturated carbocycles. The number of halogens is 1. The Bertz CT molecular complexity index is 630. The van der Waals surface area contributed by atoms with Crippen LogP contribution in [0.15, 0.2) is 32.9 Å². The molecule has 0 saturated heterocycles. The van der Waals surface area contributed by atoms with E-state index in [-0.39, 0.29) is 11.8 Å². The molecule has 0 aliphatic carbocycles. The van der Waals surface area contributed by atoms with E-state index in [2.05, 4.69) is 4.72 Å². The SMILES string of the molecule is CCc1ccc(S(=O)(=O)NCc2ccc(Cl)o2)s1. The number of hydrogen-bond donors (Lipinski definition) is 1. The zero-order valence-electron chi connectivity index (χ0n) is 9.64. The van der Waals surface area contributed by atoms with Crippen molar-refractivity contribution in [3.8, 4) is 0 Å². The standard InChI is InChI=1S/C11H12ClNO3S2/c1-2-9-4-6-11(17-9)18(14,15)13-7-8-3-5-10(12)16-8/h3-6,13H,2,7H2,1H3. The maximum Gasteiger partial charge on any atom is 0.250 e. The van der Waals surface area contributed by atoms with Gasteiger partial charge in [0, 0.05) is 4.88 Å². The number of rotatable bonds is 5. The zero-order valence-corrected chi connectivity index (χ0v) is 12.0. The lowest BCUT2D eigenvalue weighted by Gasteiger charge is -2.02. The molecule has 0 fully saturated rings. The minimum Gasteiger partial charge on any atom is -0.448 e. The first kappa shape index (κ1) is 13.6. The summed E-state index contributed by atoms with van der Waals surface area (Å²) in [6, 6.07) is 6.65. The normalized spacial score (nSPS) is 11.9. The molecular weight excluding hydrogens is 294 g/mol. The van der Waals surface area contributed by atoms with Crippen LogP contribution in [0, 0.1) is 0 Å². The van der Waals surface area contributed by atoms with Crippen LogP contribution in [0.5, 0.6) is 0 Å². The number of furan rings is 1. The van der Waals surface area contributed by atoms with Gasteiger partial charge in [-0.25, -0.2) is 13.1 Å². The van der Waals surface area contributed by atoms with Crippen molar-refractivity contribution in [2.45, 2.75) is 24.1 Å². The first-order valence-corrected chi connectivity index (χ1v) is 8.01. The quantitative estimate of drug-likeness (QED) is 0.923. The summed E-state index contributed by atoms with van der Waals surface area (Å²) >= 11 is 6.88. The smallest absolute Gasteiger partial charge is 0.250 e. The van der Waals surface area contributed by atoms with E-state index < -0.39 is 10.0 Å². The van der Waals surface area contributed by atoms with E-state index in [1.165, 1.54) is 11.3 Å². The van der Waals surface area contributed by atoms with Gasteiger partial charge in [-0.05, 0) is 42.3 Å². The second-order valence-corrected chi connectivity index (χ2v) is 7.14. The minimum atomic E-state index is -3.47. The van der Waals surface area contributed by atoms with Crippen LogP contribution < -0.4 is 4.72 Å². The lowest BCUT2D eigenvalue weighted by atomic mass is 10.4. The number of nitrogens with one attached hydrogen (secondary N) is 1. The van der Waals surface area contributed by atoms with E-state index >= 15 is 0 Å². The van der Waals surface area contributed by atoms with Gasteiger partial charge in [-0.15, -0.1) is 11.3 Å². The van der Waals surface area contributed by atoms with Gasteiger partial charge in [0.15, 0.2) is 5.22 Å². The summed E-state index contributed by atoms with van der Waals surface area (Å²) in [5.41, 5.74) is 0. The Morgan fingerprint density at radius 2 is 2.11 bits per heavy atom. The van der Waals surface area contributed by atoms with Crippen molar-refractivity contribution < 1.29 is 12.8 Å². The fourth-order valence-corrected chi connectivity index (χ4v) is 3.87. The molecule has 0 aliphatic rings. The van der Waals surface area contributed by atoms with Gasteiger partial charge >= 0.3 is 0 Å². The van der Waals surface area contributed by atoms with E-state index in [1.807, 2.05) is 13.0 Å². The van der Waals surface area contributed by atoms with E-state index in [1.54, 1.807) is 18.2 Å². The molecule has 7 heteroatoms. The fourth-order valence-electron chi connectivity index (χ4n) is 1.38. The van der Waals surface area contributed by atoms with Crippen LogP contribution in [0.3, 0.4) is 0 Å². The minimum absolute atomic E-state index is 0.0917. The first-order chi connectivity index (χ1) is 8.51. The summed E-state index contributed by atoms with van der Waals surface area (Å²) in [6.07, 6.45) is 0.827. The van der Waals surface area contributed by atoms with Gasteiger partial charge in [-0.2, -0.15) is 0 Å².